The highest BCUT2D eigenvalue weighted by atomic mass is 19.1. The molecule has 1 heterocycles. The number of nitrogens with zero attached hydrogens (tertiary/aromatic N) is 3. The van der Waals surface area contributed by atoms with Gasteiger partial charge in [-0.15, -0.1) is 5.10 Å². The summed E-state index contributed by atoms with van der Waals surface area (Å²) in [6.45, 7) is 0.466. The maximum atomic E-state index is 13.4. The SMILES string of the molecule is O=Cc1nnn(Cc2ccccc2)c1-c1cccc(F)c1. The van der Waals surface area contributed by atoms with E-state index in [0.717, 1.165) is 5.56 Å². The summed E-state index contributed by atoms with van der Waals surface area (Å²) >= 11 is 0. The van der Waals surface area contributed by atoms with Gasteiger partial charge in [-0.25, -0.2) is 9.07 Å². The van der Waals surface area contributed by atoms with Crippen molar-refractivity contribution in [2.45, 2.75) is 6.54 Å². The molecule has 0 unspecified atom stereocenters. The molecule has 0 radical (unpaired) electrons. The number of hydrogen-bond donors (Lipinski definition) is 0. The summed E-state index contributed by atoms with van der Waals surface area (Å²) in [6.07, 6.45) is 0.634. The Bertz CT molecular complexity index is 768. The van der Waals surface area contributed by atoms with Crippen LogP contribution in [-0.4, -0.2) is 21.3 Å². The molecule has 0 bridgehead atoms. The zero-order chi connectivity index (χ0) is 14.7. The Balaban J connectivity index is 2.06. The highest BCUT2D eigenvalue weighted by Crippen LogP contribution is 2.22. The van der Waals surface area contributed by atoms with Crippen molar-refractivity contribution in [3.63, 3.8) is 0 Å². The van der Waals surface area contributed by atoms with E-state index in [0.29, 0.717) is 24.1 Å². The molecule has 0 aliphatic carbocycles. The fourth-order valence-corrected chi connectivity index (χ4v) is 2.21. The van der Waals surface area contributed by atoms with Crippen LogP contribution in [0.2, 0.25) is 0 Å². The molecule has 3 aromatic rings. The minimum absolute atomic E-state index is 0.205. The largest absolute Gasteiger partial charge is 0.296 e. The van der Waals surface area contributed by atoms with Gasteiger partial charge in [-0.2, -0.15) is 0 Å². The van der Waals surface area contributed by atoms with Crippen molar-refractivity contribution in [1.82, 2.24) is 15.0 Å². The van der Waals surface area contributed by atoms with Crippen LogP contribution < -0.4 is 0 Å². The van der Waals surface area contributed by atoms with E-state index >= 15 is 0 Å². The van der Waals surface area contributed by atoms with Crippen molar-refractivity contribution >= 4 is 6.29 Å². The first-order valence-electron chi connectivity index (χ1n) is 6.46. The van der Waals surface area contributed by atoms with E-state index in [4.69, 9.17) is 0 Å². The average Bonchev–Trinajstić information content (AvgIpc) is 2.91. The van der Waals surface area contributed by atoms with E-state index in [1.54, 1.807) is 16.8 Å². The van der Waals surface area contributed by atoms with Gasteiger partial charge in [0.15, 0.2) is 12.0 Å². The summed E-state index contributed by atoms with van der Waals surface area (Å²) in [7, 11) is 0. The number of benzene rings is 2. The van der Waals surface area contributed by atoms with Crippen molar-refractivity contribution in [3.05, 3.63) is 71.7 Å². The molecule has 21 heavy (non-hydrogen) atoms. The topological polar surface area (TPSA) is 47.8 Å². The predicted molar refractivity (Wildman–Crippen MR) is 76.3 cm³/mol. The first kappa shape index (κ1) is 13.2. The van der Waals surface area contributed by atoms with Gasteiger partial charge >= 0.3 is 0 Å². The molecule has 0 saturated heterocycles. The van der Waals surface area contributed by atoms with Gasteiger partial charge < -0.3 is 0 Å². The number of halogens is 1. The minimum atomic E-state index is -0.364. The second kappa shape index (κ2) is 5.66. The van der Waals surface area contributed by atoms with Crippen LogP contribution in [0, 0.1) is 5.82 Å². The molecule has 3 rings (SSSR count). The maximum absolute atomic E-state index is 13.4. The predicted octanol–water partition coefficient (Wildman–Crippen LogP) is 2.95. The molecular weight excluding hydrogens is 269 g/mol. The molecule has 4 nitrogen and oxygen atoms in total. The summed E-state index contributed by atoms with van der Waals surface area (Å²) in [5.74, 6) is -0.364. The molecule has 0 aliphatic heterocycles. The highest BCUT2D eigenvalue weighted by Gasteiger charge is 2.15. The molecule has 2 aromatic carbocycles. The van der Waals surface area contributed by atoms with Crippen molar-refractivity contribution in [3.8, 4) is 11.3 Å². The van der Waals surface area contributed by atoms with Gasteiger partial charge in [0.1, 0.15) is 5.82 Å². The van der Waals surface area contributed by atoms with Gasteiger partial charge in [-0.3, -0.25) is 4.79 Å². The molecule has 0 spiro atoms. The van der Waals surface area contributed by atoms with Gasteiger partial charge in [0, 0.05) is 5.56 Å². The van der Waals surface area contributed by atoms with Crippen LogP contribution in [0.1, 0.15) is 16.1 Å². The molecule has 0 amide bonds. The molecule has 0 saturated carbocycles. The van der Waals surface area contributed by atoms with E-state index in [1.807, 2.05) is 30.3 Å². The second-order valence-electron chi connectivity index (χ2n) is 4.59. The van der Waals surface area contributed by atoms with Gasteiger partial charge in [-0.05, 0) is 17.7 Å². The third-order valence-electron chi connectivity index (χ3n) is 3.15. The first-order valence-corrected chi connectivity index (χ1v) is 6.46. The smallest absolute Gasteiger partial charge is 0.172 e. The Hall–Kier alpha value is -2.82. The number of aldehydes is 1. The Morgan fingerprint density at radius 3 is 2.62 bits per heavy atom. The van der Waals surface area contributed by atoms with Gasteiger partial charge in [-0.1, -0.05) is 47.7 Å². The lowest BCUT2D eigenvalue weighted by Gasteiger charge is -2.07. The second-order valence-corrected chi connectivity index (χ2v) is 4.59. The quantitative estimate of drug-likeness (QED) is 0.691. The Morgan fingerprint density at radius 1 is 1.10 bits per heavy atom. The third-order valence-corrected chi connectivity index (χ3v) is 3.15. The van der Waals surface area contributed by atoms with E-state index in [1.165, 1.54) is 12.1 Å². The monoisotopic (exact) mass is 281 g/mol. The van der Waals surface area contributed by atoms with Crippen LogP contribution in [-0.2, 0) is 6.54 Å². The summed E-state index contributed by atoms with van der Waals surface area (Å²) in [6, 6.07) is 15.7. The molecule has 0 fully saturated rings. The number of rotatable bonds is 4. The molecule has 0 atom stereocenters. The van der Waals surface area contributed by atoms with Gasteiger partial charge in [0.25, 0.3) is 0 Å². The van der Waals surface area contributed by atoms with Crippen LogP contribution in [0.15, 0.2) is 54.6 Å². The van der Waals surface area contributed by atoms with Crippen LogP contribution in [0.4, 0.5) is 4.39 Å². The van der Waals surface area contributed by atoms with Gasteiger partial charge in [0.05, 0.1) is 12.2 Å². The van der Waals surface area contributed by atoms with Crippen molar-refractivity contribution < 1.29 is 9.18 Å². The van der Waals surface area contributed by atoms with Gasteiger partial charge in [0.2, 0.25) is 0 Å². The lowest BCUT2D eigenvalue weighted by molar-refractivity contribution is 0.111. The number of carbonyl (C=O) groups excluding carboxylic acids is 1. The zero-order valence-electron chi connectivity index (χ0n) is 11.1. The molecule has 0 aliphatic rings. The standard InChI is InChI=1S/C16H12FN3O/c17-14-8-4-7-13(9-14)16-15(11-21)18-19-20(16)10-12-5-2-1-3-6-12/h1-9,11H,10H2. The van der Waals surface area contributed by atoms with Crippen molar-refractivity contribution in [2.75, 3.05) is 0 Å². The molecular formula is C16H12FN3O. The first-order chi connectivity index (χ1) is 10.3. The number of aromatic nitrogens is 3. The van der Waals surface area contributed by atoms with E-state index in [9.17, 15) is 9.18 Å². The Morgan fingerprint density at radius 2 is 1.90 bits per heavy atom. The van der Waals surface area contributed by atoms with Crippen LogP contribution in [0.5, 0.6) is 0 Å². The fraction of sp³-hybridized carbons (Fsp3) is 0.0625. The molecule has 5 heteroatoms. The molecule has 104 valence electrons. The van der Waals surface area contributed by atoms with Crippen LogP contribution in [0.25, 0.3) is 11.3 Å². The summed E-state index contributed by atoms with van der Waals surface area (Å²) in [5.41, 5.74) is 2.33. The average molecular weight is 281 g/mol. The summed E-state index contributed by atoms with van der Waals surface area (Å²) in [5, 5.41) is 7.86. The summed E-state index contributed by atoms with van der Waals surface area (Å²) in [4.78, 5) is 11.1. The summed E-state index contributed by atoms with van der Waals surface area (Å²) < 4.78 is 15.0. The maximum Gasteiger partial charge on any atom is 0.172 e. The van der Waals surface area contributed by atoms with E-state index < -0.39 is 0 Å². The van der Waals surface area contributed by atoms with E-state index in [2.05, 4.69) is 10.3 Å². The lowest BCUT2D eigenvalue weighted by Crippen LogP contribution is -2.04. The lowest BCUT2D eigenvalue weighted by atomic mass is 10.1. The normalized spacial score (nSPS) is 10.5. The van der Waals surface area contributed by atoms with Crippen molar-refractivity contribution in [1.29, 1.82) is 0 Å². The Labute approximate surface area is 120 Å². The minimum Gasteiger partial charge on any atom is -0.296 e. The highest BCUT2D eigenvalue weighted by molar-refractivity contribution is 5.83. The fourth-order valence-electron chi connectivity index (χ4n) is 2.21. The molecule has 0 N–H and O–H groups in total. The molecule has 1 aromatic heterocycles. The zero-order valence-corrected chi connectivity index (χ0v) is 11.1. The van der Waals surface area contributed by atoms with Crippen molar-refractivity contribution in [2.24, 2.45) is 0 Å². The number of hydrogen-bond acceptors (Lipinski definition) is 3. The van der Waals surface area contributed by atoms with E-state index in [-0.39, 0.29) is 11.5 Å². The van der Waals surface area contributed by atoms with Crippen LogP contribution in [0.3, 0.4) is 0 Å². The Kier molecular flexibility index (Phi) is 3.55. The number of carbonyl (C=O) groups is 1. The van der Waals surface area contributed by atoms with Crippen LogP contribution >= 0.6 is 0 Å². The third kappa shape index (κ3) is 2.72.